The average Bonchev–Trinajstić information content (AvgIpc) is 2.28. The quantitative estimate of drug-likeness (QED) is 0.849. The number of rotatable bonds is 3. The molecule has 1 aromatic heterocycles. The number of hydrogen-bond donors (Lipinski definition) is 1. The van der Waals surface area contributed by atoms with Crippen LogP contribution in [-0.2, 0) is 12.8 Å². The summed E-state index contributed by atoms with van der Waals surface area (Å²) >= 11 is 0. The molecule has 2 aromatic rings. The Kier molecular flexibility index (Phi) is 3.20. The van der Waals surface area contributed by atoms with Gasteiger partial charge in [-0.15, -0.1) is 0 Å². The van der Waals surface area contributed by atoms with E-state index in [1.807, 2.05) is 12.1 Å². The first kappa shape index (κ1) is 10.7. The summed E-state index contributed by atoms with van der Waals surface area (Å²) in [6.45, 7) is 2.11. The number of hydrogen-bond acceptors (Lipinski definition) is 2. The zero-order chi connectivity index (χ0) is 11.4. The third-order valence-corrected chi connectivity index (χ3v) is 2.66. The average molecular weight is 212 g/mol. The Morgan fingerprint density at radius 3 is 2.75 bits per heavy atom. The van der Waals surface area contributed by atoms with Crippen molar-refractivity contribution >= 4 is 5.69 Å². The molecule has 82 valence electrons. The maximum atomic E-state index is 5.85. The van der Waals surface area contributed by atoms with Gasteiger partial charge in [-0.1, -0.05) is 29.8 Å². The van der Waals surface area contributed by atoms with Crippen LogP contribution in [0.3, 0.4) is 0 Å². The molecule has 0 radical (unpaired) electrons. The number of nitrogen functional groups attached to an aromatic ring is 1. The number of aromatic nitrogens is 1. The van der Waals surface area contributed by atoms with Crippen molar-refractivity contribution in [3.8, 4) is 0 Å². The molecular formula is C14H16N2. The predicted octanol–water partition coefficient (Wildman–Crippen LogP) is 2.76. The normalized spacial score (nSPS) is 10.3. The molecule has 0 aliphatic carbocycles. The fraction of sp³-hybridized carbons (Fsp3) is 0.214. The molecule has 1 heterocycles. The van der Waals surface area contributed by atoms with Crippen molar-refractivity contribution in [1.29, 1.82) is 0 Å². The lowest BCUT2D eigenvalue weighted by Crippen LogP contribution is -1.99. The van der Waals surface area contributed by atoms with Crippen molar-refractivity contribution in [3.05, 3.63) is 59.4 Å². The monoisotopic (exact) mass is 212 g/mol. The van der Waals surface area contributed by atoms with Gasteiger partial charge in [-0.3, -0.25) is 4.98 Å². The molecule has 2 N–H and O–H groups in total. The second kappa shape index (κ2) is 4.79. The van der Waals surface area contributed by atoms with Gasteiger partial charge in [-0.2, -0.15) is 0 Å². The zero-order valence-corrected chi connectivity index (χ0v) is 9.48. The van der Waals surface area contributed by atoms with Crippen molar-refractivity contribution in [2.24, 2.45) is 0 Å². The van der Waals surface area contributed by atoms with Crippen LogP contribution in [0.4, 0.5) is 5.69 Å². The number of nitrogens with zero attached hydrogens (tertiary/aromatic N) is 1. The number of nitrogens with two attached hydrogens (primary N) is 1. The highest BCUT2D eigenvalue weighted by atomic mass is 14.7. The summed E-state index contributed by atoms with van der Waals surface area (Å²) in [5.41, 5.74) is 10.3. The first-order valence-electron chi connectivity index (χ1n) is 5.50. The first-order valence-corrected chi connectivity index (χ1v) is 5.50. The highest BCUT2D eigenvalue weighted by Crippen LogP contribution is 2.12. The van der Waals surface area contributed by atoms with Gasteiger partial charge in [0.2, 0.25) is 0 Å². The van der Waals surface area contributed by atoms with E-state index in [9.17, 15) is 0 Å². The number of benzene rings is 1. The van der Waals surface area contributed by atoms with Crippen LogP contribution in [0, 0.1) is 6.92 Å². The topological polar surface area (TPSA) is 38.9 Å². The predicted molar refractivity (Wildman–Crippen MR) is 67.2 cm³/mol. The summed E-state index contributed by atoms with van der Waals surface area (Å²) in [7, 11) is 0. The van der Waals surface area contributed by atoms with E-state index in [1.165, 1.54) is 11.1 Å². The summed E-state index contributed by atoms with van der Waals surface area (Å²) in [5.74, 6) is 0. The fourth-order valence-electron chi connectivity index (χ4n) is 1.79. The Bertz CT molecular complexity index is 478. The minimum Gasteiger partial charge on any atom is -0.397 e. The lowest BCUT2D eigenvalue weighted by Gasteiger charge is -2.04. The Morgan fingerprint density at radius 2 is 2.00 bits per heavy atom. The molecule has 0 spiro atoms. The van der Waals surface area contributed by atoms with Crippen LogP contribution in [0.25, 0.3) is 0 Å². The van der Waals surface area contributed by atoms with E-state index in [4.69, 9.17) is 5.73 Å². The molecule has 0 atom stereocenters. The molecule has 2 rings (SSSR count). The maximum absolute atomic E-state index is 5.85. The summed E-state index contributed by atoms with van der Waals surface area (Å²) in [6.07, 6.45) is 3.68. The van der Waals surface area contributed by atoms with Gasteiger partial charge in [-0.05, 0) is 37.5 Å². The Morgan fingerprint density at radius 1 is 1.12 bits per heavy atom. The molecule has 2 nitrogen and oxygen atoms in total. The number of pyridine rings is 1. The lowest BCUT2D eigenvalue weighted by atomic mass is 10.1. The number of anilines is 1. The summed E-state index contributed by atoms with van der Waals surface area (Å²) in [5, 5.41) is 0. The van der Waals surface area contributed by atoms with E-state index >= 15 is 0 Å². The molecule has 0 aliphatic heterocycles. The van der Waals surface area contributed by atoms with Crippen molar-refractivity contribution in [3.63, 3.8) is 0 Å². The van der Waals surface area contributed by atoms with Gasteiger partial charge in [0.1, 0.15) is 0 Å². The second-order valence-corrected chi connectivity index (χ2v) is 4.03. The van der Waals surface area contributed by atoms with E-state index in [0.29, 0.717) is 0 Å². The standard InChI is InChI=1S/C14H16N2/c1-11-4-2-5-12(10-11)7-8-14-13(15)6-3-9-16-14/h2-6,9-10H,7-8,15H2,1H3. The molecule has 0 unspecified atom stereocenters. The van der Waals surface area contributed by atoms with Gasteiger partial charge in [0.05, 0.1) is 11.4 Å². The van der Waals surface area contributed by atoms with Gasteiger partial charge >= 0.3 is 0 Å². The first-order chi connectivity index (χ1) is 7.75. The van der Waals surface area contributed by atoms with Crippen LogP contribution in [0.2, 0.25) is 0 Å². The van der Waals surface area contributed by atoms with Crippen LogP contribution in [0.1, 0.15) is 16.8 Å². The van der Waals surface area contributed by atoms with E-state index in [2.05, 4.69) is 36.2 Å². The highest BCUT2D eigenvalue weighted by Gasteiger charge is 2.00. The van der Waals surface area contributed by atoms with E-state index in [-0.39, 0.29) is 0 Å². The molecule has 0 fully saturated rings. The Balaban J connectivity index is 2.05. The van der Waals surface area contributed by atoms with Crippen molar-refractivity contribution < 1.29 is 0 Å². The van der Waals surface area contributed by atoms with Crippen molar-refractivity contribution in [2.75, 3.05) is 5.73 Å². The van der Waals surface area contributed by atoms with Gasteiger partial charge in [0.25, 0.3) is 0 Å². The summed E-state index contributed by atoms with van der Waals surface area (Å²) in [4.78, 5) is 4.29. The molecule has 0 amide bonds. The summed E-state index contributed by atoms with van der Waals surface area (Å²) < 4.78 is 0. The molecule has 0 saturated carbocycles. The van der Waals surface area contributed by atoms with E-state index < -0.39 is 0 Å². The van der Waals surface area contributed by atoms with Crippen LogP contribution in [-0.4, -0.2) is 4.98 Å². The van der Waals surface area contributed by atoms with E-state index in [1.54, 1.807) is 6.20 Å². The SMILES string of the molecule is Cc1cccc(CCc2ncccc2N)c1. The fourth-order valence-corrected chi connectivity index (χ4v) is 1.79. The molecule has 0 bridgehead atoms. The molecule has 2 heteroatoms. The van der Waals surface area contributed by atoms with Crippen LogP contribution < -0.4 is 5.73 Å². The molecular weight excluding hydrogens is 196 g/mol. The minimum absolute atomic E-state index is 0.787. The van der Waals surface area contributed by atoms with Gasteiger partial charge in [-0.25, -0.2) is 0 Å². The Hall–Kier alpha value is -1.83. The summed E-state index contributed by atoms with van der Waals surface area (Å²) in [6, 6.07) is 12.3. The van der Waals surface area contributed by atoms with Gasteiger partial charge in [0.15, 0.2) is 0 Å². The van der Waals surface area contributed by atoms with Gasteiger partial charge < -0.3 is 5.73 Å². The lowest BCUT2D eigenvalue weighted by molar-refractivity contribution is 0.916. The van der Waals surface area contributed by atoms with Crippen molar-refractivity contribution in [1.82, 2.24) is 4.98 Å². The van der Waals surface area contributed by atoms with Crippen molar-refractivity contribution in [2.45, 2.75) is 19.8 Å². The molecule has 0 saturated heterocycles. The van der Waals surface area contributed by atoms with Gasteiger partial charge in [0, 0.05) is 6.20 Å². The van der Waals surface area contributed by atoms with Crippen LogP contribution >= 0.6 is 0 Å². The number of aryl methyl sites for hydroxylation is 3. The third kappa shape index (κ3) is 2.60. The molecule has 1 aromatic carbocycles. The Labute approximate surface area is 96.1 Å². The van der Waals surface area contributed by atoms with E-state index in [0.717, 1.165) is 24.2 Å². The van der Waals surface area contributed by atoms with Crippen LogP contribution in [0.15, 0.2) is 42.6 Å². The zero-order valence-electron chi connectivity index (χ0n) is 9.48. The highest BCUT2D eigenvalue weighted by molar-refractivity contribution is 5.42. The largest absolute Gasteiger partial charge is 0.397 e. The molecule has 0 aliphatic rings. The maximum Gasteiger partial charge on any atom is 0.0635 e. The smallest absolute Gasteiger partial charge is 0.0635 e. The van der Waals surface area contributed by atoms with Crippen LogP contribution in [0.5, 0.6) is 0 Å². The molecule has 16 heavy (non-hydrogen) atoms. The minimum atomic E-state index is 0.787. The third-order valence-electron chi connectivity index (χ3n) is 2.66. The second-order valence-electron chi connectivity index (χ2n) is 4.03.